The van der Waals surface area contributed by atoms with E-state index in [1.54, 1.807) is 10.9 Å². The average molecular weight is 195 g/mol. The van der Waals surface area contributed by atoms with E-state index in [2.05, 4.69) is 15.6 Å². The minimum absolute atomic E-state index is 0.239. The molecule has 2 rings (SSSR count). The number of rotatable bonds is 2. The molecule has 6 heteroatoms. The fourth-order valence-electron chi connectivity index (χ4n) is 1.64. The highest BCUT2D eigenvalue weighted by Crippen LogP contribution is 2.16. The SMILES string of the molecule is NC(=O)c1cn(C2CCNCC2)nn1. The van der Waals surface area contributed by atoms with Crippen LogP contribution in [0.4, 0.5) is 0 Å². The molecule has 0 bridgehead atoms. The van der Waals surface area contributed by atoms with Gasteiger partial charge in [-0.3, -0.25) is 4.79 Å². The van der Waals surface area contributed by atoms with Gasteiger partial charge in [0.15, 0.2) is 5.69 Å². The molecule has 2 heterocycles. The van der Waals surface area contributed by atoms with Gasteiger partial charge in [-0.05, 0) is 25.9 Å². The first-order chi connectivity index (χ1) is 6.77. The van der Waals surface area contributed by atoms with Crippen LogP contribution in [0.5, 0.6) is 0 Å². The van der Waals surface area contributed by atoms with Gasteiger partial charge in [0.25, 0.3) is 5.91 Å². The summed E-state index contributed by atoms with van der Waals surface area (Å²) in [4.78, 5) is 10.8. The average Bonchev–Trinajstić information content (AvgIpc) is 2.68. The predicted octanol–water partition coefficient (Wildman–Crippen LogP) is -0.699. The molecule has 1 amide bonds. The van der Waals surface area contributed by atoms with Crippen LogP contribution in [-0.4, -0.2) is 34.0 Å². The lowest BCUT2D eigenvalue weighted by molar-refractivity contribution is 0.0995. The number of carbonyl (C=O) groups is 1. The number of carbonyl (C=O) groups excluding carboxylic acids is 1. The molecule has 1 aliphatic rings. The molecule has 14 heavy (non-hydrogen) atoms. The molecule has 6 nitrogen and oxygen atoms in total. The van der Waals surface area contributed by atoms with Crippen LogP contribution in [0.2, 0.25) is 0 Å². The number of primary amides is 1. The Hall–Kier alpha value is -1.43. The fourth-order valence-corrected chi connectivity index (χ4v) is 1.64. The Morgan fingerprint density at radius 1 is 1.57 bits per heavy atom. The van der Waals surface area contributed by atoms with Crippen molar-refractivity contribution in [2.45, 2.75) is 18.9 Å². The van der Waals surface area contributed by atoms with Gasteiger partial charge >= 0.3 is 0 Å². The molecule has 0 spiro atoms. The molecule has 1 aromatic rings. The number of hydrogen-bond acceptors (Lipinski definition) is 4. The number of nitrogens with zero attached hydrogens (tertiary/aromatic N) is 3. The number of piperidine rings is 1. The molecule has 3 N–H and O–H groups in total. The molecule has 0 unspecified atom stereocenters. The third-order valence-corrected chi connectivity index (χ3v) is 2.45. The first-order valence-electron chi connectivity index (χ1n) is 4.70. The molecule has 1 aromatic heterocycles. The molecule has 1 aliphatic heterocycles. The van der Waals surface area contributed by atoms with Crippen LogP contribution < -0.4 is 11.1 Å². The Labute approximate surface area is 81.5 Å². The zero-order chi connectivity index (χ0) is 9.97. The van der Waals surface area contributed by atoms with Gasteiger partial charge < -0.3 is 11.1 Å². The van der Waals surface area contributed by atoms with E-state index in [9.17, 15) is 4.79 Å². The molecule has 1 fully saturated rings. The molecule has 0 saturated carbocycles. The standard InChI is InChI=1S/C8H13N5O/c9-8(14)7-5-13(12-11-7)6-1-3-10-4-2-6/h5-6,10H,1-4H2,(H2,9,14). The van der Waals surface area contributed by atoms with Crippen LogP contribution in [0, 0.1) is 0 Å². The number of nitrogens with two attached hydrogens (primary N) is 1. The largest absolute Gasteiger partial charge is 0.364 e. The van der Waals surface area contributed by atoms with Crippen LogP contribution in [0.15, 0.2) is 6.20 Å². The number of nitrogens with one attached hydrogen (secondary N) is 1. The Morgan fingerprint density at radius 3 is 2.86 bits per heavy atom. The second-order valence-corrected chi connectivity index (χ2v) is 3.43. The van der Waals surface area contributed by atoms with E-state index in [4.69, 9.17) is 5.73 Å². The smallest absolute Gasteiger partial charge is 0.270 e. The molecule has 76 valence electrons. The van der Waals surface area contributed by atoms with Gasteiger partial charge in [-0.1, -0.05) is 5.21 Å². The van der Waals surface area contributed by atoms with E-state index in [1.165, 1.54) is 0 Å². The van der Waals surface area contributed by atoms with Gasteiger partial charge in [0.05, 0.1) is 12.2 Å². The highest BCUT2D eigenvalue weighted by atomic mass is 16.1. The third kappa shape index (κ3) is 1.74. The summed E-state index contributed by atoms with van der Waals surface area (Å²) in [6, 6.07) is 0.344. The van der Waals surface area contributed by atoms with Gasteiger partial charge in [0, 0.05) is 0 Å². The lowest BCUT2D eigenvalue weighted by Gasteiger charge is -2.21. The third-order valence-electron chi connectivity index (χ3n) is 2.45. The summed E-state index contributed by atoms with van der Waals surface area (Å²) in [5.74, 6) is -0.523. The summed E-state index contributed by atoms with van der Waals surface area (Å²) >= 11 is 0. The van der Waals surface area contributed by atoms with Crippen molar-refractivity contribution in [3.05, 3.63) is 11.9 Å². The van der Waals surface area contributed by atoms with E-state index in [0.717, 1.165) is 25.9 Å². The molecular formula is C8H13N5O. The summed E-state index contributed by atoms with van der Waals surface area (Å²) in [6.07, 6.45) is 3.65. The van der Waals surface area contributed by atoms with E-state index in [0.29, 0.717) is 6.04 Å². The van der Waals surface area contributed by atoms with E-state index < -0.39 is 5.91 Å². The highest BCUT2D eigenvalue weighted by Gasteiger charge is 2.17. The van der Waals surface area contributed by atoms with Crippen molar-refractivity contribution in [2.75, 3.05) is 13.1 Å². The lowest BCUT2D eigenvalue weighted by Crippen LogP contribution is -2.29. The summed E-state index contributed by atoms with van der Waals surface area (Å²) < 4.78 is 1.74. The minimum Gasteiger partial charge on any atom is -0.364 e. The normalized spacial score (nSPS) is 18.3. The topological polar surface area (TPSA) is 85.8 Å². The molecule has 1 saturated heterocycles. The molecule has 0 atom stereocenters. The predicted molar refractivity (Wildman–Crippen MR) is 49.7 cm³/mol. The first-order valence-corrected chi connectivity index (χ1v) is 4.70. The summed E-state index contributed by atoms with van der Waals surface area (Å²) in [5, 5.41) is 10.9. The summed E-state index contributed by atoms with van der Waals surface area (Å²) in [5.41, 5.74) is 5.33. The van der Waals surface area contributed by atoms with Gasteiger partial charge in [0.2, 0.25) is 0 Å². The van der Waals surface area contributed by atoms with Gasteiger partial charge in [0.1, 0.15) is 0 Å². The molecule has 0 aromatic carbocycles. The number of aromatic nitrogens is 3. The Bertz CT molecular complexity index is 328. The lowest BCUT2D eigenvalue weighted by atomic mass is 10.1. The van der Waals surface area contributed by atoms with Crippen LogP contribution in [-0.2, 0) is 0 Å². The number of amides is 1. The van der Waals surface area contributed by atoms with E-state index in [1.807, 2.05) is 0 Å². The van der Waals surface area contributed by atoms with Crippen molar-refractivity contribution in [3.8, 4) is 0 Å². The van der Waals surface area contributed by atoms with Crippen LogP contribution in [0.25, 0.3) is 0 Å². The highest BCUT2D eigenvalue weighted by molar-refractivity contribution is 5.90. The van der Waals surface area contributed by atoms with Crippen LogP contribution >= 0.6 is 0 Å². The quantitative estimate of drug-likeness (QED) is 0.653. The monoisotopic (exact) mass is 195 g/mol. The van der Waals surface area contributed by atoms with Crippen molar-refractivity contribution in [3.63, 3.8) is 0 Å². The molecular weight excluding hydrogens is 182 g/mol. The van der Waals surface area contributed by atoms with Crippen LogP contribution in [0.3, 0.4) is 0 Å². The zero-order valence-corrected chi connectivity index (χ0v) is 7.81. The van der Waals surface area contributed by atoms with Crippen molar-refractivity contribution < 1.29 is 4.79 Å². The Balaban J connectivity index is 2.11. The van der Waals surface area contributed by atoms with Crippen molar-refractivity contribution >= 4 is 5.91 Å². The zero-order valence-electron chi connectivity index (χ0n) is 7.81. The minimum atomic E-state index is -0.523. The van der Waals surface area contributed by atoms with E-state index in [-0.39, 0.29) is 5.69 Å². The van der Waals surface area contributed by atoms with E-state index >= 15 is 0 Å². The summed E-state index contributed by atoms with van der Waals surface area (Å²) in [6.45, 7) is 1.97. The van der Waals surface area contributed by atoms with Crippen molar-refractivity contribution in [2.24, 2.45) is 5.73 Å². The second kappa shape index (κ2) is 3.75. The maximum atomic E-state index is 10.8. The van der Waals surface area contributed by atoms with Gasteiger partial charge in [-0.15, -0.1) is 5.10 Å². The van der Waals surface area contributed by atoms with Gasteiger partial charge in [-0.2, -0.15) is 0 Å². The Morgan fingerprint density at radius 2 is 2.29 bits per heavy atom. The molecule has 0 radical (unpaired) electrons. The first kappa shape index (κ1) is 9.14. The van der Waals surface area contributed by atoms with Crippen LogP contribution in [0.1, 0.15) is 29.4 Å². The van der Waals surface area contributed by atoms with Crippen molar-refractivity contribution in [1.82, 2.24) is 20.3 Å². The maximum Gasteiger partial charge on any atom is 0.270 e. The van der Waals surface area contributed by atoms with Crippen molar-refractivity contribution in [1.29, 1.82) is 0 Å². The summed E-state index contributed by atoms with van der Waals surface area (Å²) in [7, 11) is 0. The maximum absolute atomic E-state index is 10.8. The second-order valence-electron chi connectivity index (χ2n) is 3.43. The number of hydrogen-bond donors (Lipinski definition) is 2. The fraction of sp³-hybridized carbons (Fsp3) is 0.625. The van der Waals surface area contributed by atoms with Gasteiger partial charge in [-0.25, -0.2) is 4.68 Å². The Kier molecular flexibility index (Phi) is 2.45. The molecule has 0 aliphatic carbocycles.